The van der Waals surface area contributed by atoms with Crippen molar-refractivity contribution < 1.29 is 54.3 Å². The molecule has 0 radical (unpaired) electrons. The quantitative estimate of drug-likeness (QED) is 0.304. The summed E-state index contributed by atoms with van der Waals surface area (Å²) in [5.41, 5.74) is -7.50. The van der Waals surface area contributed by atoms with Gasteiger partial charge in [-0.25, -0.2) is 17.2 Å². The summed E-state index contributed by atoms with van der Waals surface area (Å²) in [5, 5.41) is 5.21. The zero-order chi connectivity index (χ0) is 34.6. The van der Waals surface area contributed by atoms with Crippen LogP contribution >= 0.6 is 0 Å². The molecule has 0 bridgehead atoms. The van der Waals surface area contributed by atoms with Gasteiger partial charge in [0.1, 0.15) is 24.5 Å². The van der Waals surface area contributed by atoms with Crippen molar-refractivity contribution in [1.29, 1.82) is 0 Å². The minimum absolute atomic E-state index is 0.0501. The van der Waals surface area contributed by atoms with E-state index in [1.54, 1.807) is 0 Å². The van der Waals surface area contributed by atoms with E-state index in [0.29, 0.717) is 19.0 Å². The fourth-order valence-electron chi connectivity index (χ4n) is 6.32. The molecule has 0 spiro atoms. The SMILES string of the molecule is CC(C)(C)[C@H](NS(=O)(=O)C(F)(F)F)C(=O)N1C[C@H]2[C@@H]([C@H]1C(=O)N[C@@H](C[C@@H]1CCNC1=O)C(=O)COc1ccc(F)cc1F)C2(C)C. The number of sulfonamides is 1. The second-order valence-corrected chi connectivity index (χ2v) is 15.4. The first-order chi connectivity index (χ1) is 21.1. The van der Waals surface area contributed by atoms with Crippen LogP contribution in [0.3, 0.4) is 0 Å². The predicted molar refractivity (Wildman–Crippen MR) is 152 cm³/mol. The monoisotopic (exact) mass is 680 g/mol. The Morgan fingerprint density at radius 3 is 2.35 bits per heavy atom. The lowest BCUT2D eigenvalue weighted by Crippen LogP contribution is -2.61. The maximum Gasteiger partial charge on any atom is 0.511 e. The van der Waals surface area contributed by atoms with E-state index in [-0.39, 0.29) is 24.8 Å². The molecule has 3 aliphatic rings. The molecule has 3 N–H and O–H groups in total. The second-order valence-electron chi connectivity index (χ2n) is 13.7. The highest BCUT2D eigenvalue weighted by Crippen LogP contribution is 2.65. The van der Waals surface area contributed by atoms with Gasteiger partial charge in [-0.2, -0.15) is 17.9 Å². The fourth-order valence-corrected chi connectivity index (χ4v) is 7.22. The zero-order valence-electron chi connectivity index (χ0n) is 25.8. The van der Waals surface area contributed by atoms with E-state index in [1.807, 2.05) is 13.8 Å². The van der Waals surface area contributed by atoms with Gasteiger partial charge in [0.15, 0.2) is 17.3 Å². The van der Waals surface area contributed by atoms with Crippen molar-refractivity contribution in [1.82, 2.24) is 20.3 Å². The van der Waals surface area contributed by atoms with Gasteiger partial charge in [0.25, 0.3) is 0 Å². The first-order valence-corrected chi connectivity index (χ1v) is 16.1. The van der Waals surface area contributed by atoms with Gasteiger partial charge in [-0.15, -0.1) is 0 Å². The summed E-state index contributed by atoms with van der Waals surface area (Å²) in [4.78, 5) is 54.4. The summed E-state index contributed by atoms with van der Waals surface area (Å²) in [6, 6.07) is -2.08. The molecule has 4 rings (SSSR count). The van der Waals surface area contributed by atoms with E-state index in [1.165, 1.54) is 25.5 Å². The number of carbonyl (C=O) groups excluding carboxylic acids is 4. The number of alkyl halides is 3. The Hall–Kier alpha value is -3.34. The molecule has 0 unspecified atom stereocenters. The van der Waals surface area contributed by atoms with Crippen LogP contribution in [0.25, 0.3) is 0 Å². The van der Waals surface area contributed by atoms with Crippen molar-refractivity contribution in [2.24, 2.45) is 28.6 Å². The summed E-state index contributed by atoms with van der Waals surface area (Å²) < 4.78 is 98.0. The maximum atomic E-state index is 14.1. The highest BCUT2D eigenvalue weighted by atomic mass is 32.2. The zero-order valence-corrected chi connectivity index (χ0v) is 26.7. The average molecular weight is 681 g/mol. The van der Waals surface area contributed by atoms with E-state index in [2.05, 4.69) is 10.6 Å². The first-order valence-electron chi connectivity index (χ1n) is 14.6. The van der Waals surface area contributed by atoms with Crippen LogP contribution in [0.2, 0.25) is 0 Å². The number of halogens is 5. The third-order valence-corrected chi connectivity index (χ3v) is 10.3. The van der Waals surface area contributed by atoms with E-state index in [9.17, 15) is 49.5 Å². The number of rotatable bonds is 11. The summed E-state index contributed by atoms with van der Waals surface area (Å²) in [6.45, 7) is 7.31. The standard InChI is InChI=1S/C29H37F5N4O7S/c1-27(2,3)23(37-46(43,44)29(32,33)34)26(42)38-12-16-21(28(16,4)5)22(38)25(41)36-18(10-14-8-9-35-24(14)40)19(39)13-45-20-7-6-15(30)11-17(20)31/h6-7,11,14,16,18,21-23,37H,8-10,12-13H2,1-5H3,(H,35,40)(H,36,41)/t14-,16-,18-,21-,22-,23+/m0/s1. The Morgan fingerprint density at radius 1 is 1.15 bits per heavy atom. The van der Waals surface area contributed by atoms with Gasteiger partial charge in [-0.05, 0) is 47.6 Å². The first kappa shape index (κ1) is 35.5. The van der Waals surface area contributed by atoms with E-state index in [4.69, 9.17) is 4.74 Å². The molecule has 1 aliphatic carbocycles. The lowest BCUT2D eigenvalue weighted by atomic mass is 9.86. The smallest absolute Gasteiger partial charge is 0.483 e. The Balaban J connectivity index is 1.59. The molecular formula is C29H37F5N4O7S. The number of Topliss-reactive ketones (excluding diaryl/α,β-unsaturated/α-hetero) is 1. The number of ether oxygens (including phenoxy) is 1. The number of nitrogens with one attached hydrogen (secondary N) is 3. The molecular weight excluding hydrogens is 643 g/mol. The Bertz CT molecular complexity index is 1510. The number of hydrogen-bond donors (Lipinski definition) is 3. The van der Waals surface area contributed by atoms with Crippen molar-refractivity contribution >= 4 is 33.5 Å². The fraction of sp³-hybridized carbons (Fsp3) is 0.655. The number of hydrogen-bond acceptors (Lipinski definition) is 7. The maximum absolute atomic E-state index is 14.1. The van der Waals surface area contributed by atoms with E-state index < -0.39 is 97.9 Å². The second kappa shape index (κ2) is 12.4. The summed E-state index contributed by atoms with van der Waals surface area (Å²) in [6.07, 6.45) is 0.185. The van der Waals surface area contributed by atoms with Crippen LogP contribution in [0.1, 0.15) is 47.5 Å². The number of piperidine rings is 1. The normalized spacial score (nSPS) is 25.3. The van der Waals surface area contributed by atoms with Gasteiger partial charge in [0.2, 0.25) is 17.7 Å². The largest absolute Gasteiger partial charge is 0.511 e. The minimum atomic E-state index is -5.94. The summed E-state index contributed by atoms with van der Waals surface area (Å²) in [5.74, 6) is -6.75. The Kier molecular flexibility index (Phi) is 9.54. The molecule has 17 heteroatoms. The van der Waals surface area contributed by atoms with Crippen LogP contribution in [0.15, 0.2) is 18.2 Å². The molecule has 46 heavy (non-hydrogen) atoms. The number of amides is 3. The number of carbonyl (C=O) groups is 4. The Labute approximate surface area is 263 Å². The molecule has 2 heterocycles. The number of ketones is 1. The van der Waals surface area contributed by atoms with E-state index >= 15 is 0 Å². The van der Waals surface area contributed by atoms with Gasteiger partial charge >= 0.3 is 15.5 Å². The van der Waals surface area contributed by atoms with Crippen LogP contribution in [0.4, 0.5) is 22.0 Å². The molecule has 6 atom stereocenters. The van der Waals surface area contributed by atoms with Crippen LogP contribution < -0.4 is 20.1 Å². The predicted octanol–water partition coefficient (Wildman–Crippen LogP) is 2.26. The lowest BCUT2D eigenvalue weighted by molar-refractivity contribution is -0.144. The summed E-state index contributed by atoms with van der Waals surface area (Å²) in [7, 11) is -5.94. The third-order valence-electron chi connectivity index (χ3n) is 9.10. The topological polar surface area (TPSA) is 151 Å². The average Bonchev–Trinajstić information content (AvgIpc) is 3.26. The molecule has 1 aromatic carbocycles. The van der Waals surface area contributed by atoms with Gasteiger partial charge in [0, 0.05) is 25.1 Å². The number of fused-ring (bicyclic) bond motifs is 1. The van der Waals surface area contributed by atoms with Crippen molar-refractivity contribution in [2.45, 2.75) is 71.1 Å². The molecule has 2 saturated heterocycles. The van der Waals surface area contributed by atoms with Crippen LogP contribution in [0, 0.1) is 40.2 Å². The third kappa shape index (κ3) is 7.14. The Morgan fingerprint density at radius 2 is 1.80 bits per heavy atom. The molecule has 0 aromatic heterocycles. The minimum Gasteiger partial charge on any atom is -0.483 e. The van der Waals surface area contributed by atoms with Crippen LogP contribution in [-0.4, -0.2) is 80.2 Å². The van der Waals surface area contributed by atoms with Crippen molar-refractivity contribution in [3.8, 4) is 5.75 Å². The van der Waals surface area contributed by atoms with Crippen LogP contribution in [-0.2, 0) is 29.2 Å². The van der Waals surface area contributed by atoms with E-state index in [0.717, 1.165) is 17.0 Å². The number of nitrogens with zero attached hydrogens (tertiary/aromatic N) is 1. The molecule has 256 valence electrons. The molecule has 3 amide bonds. The van der Waals surface area contributed by atoms with Crippen molar-refractivity contribution in [3.63, 3.8) is 0 Å². The molecule has 1 saturated carbocycles. The highest BCUT2D eigenvalue weighted by Gasteiger charge is 2.70. The lowest BCUT2D eigenvalue weighted by Gasteiger charge is -2.37. The summed E-state index contributed by atoms with van der Waals surface area (Å²) >= 11 is 0. The van der Waals surface area contributed by atoms with Gasteiger partial charge in [-0.1, -0.05) is 34.6 Å². The van der Waals surface area contributed by atoms with Crippen molar-refractivity contribution in [3.05, 3.63) is 29.8 Å². The highest BCUT2D eigenvalue weighted by molar-refractivity contribution is 7.90. The number of benzene rings is 1. The van der Waals surface area contributed by atoms with Gasteiger partial charge in [0.05, 0.1) is 6.04 Å². The molecule has 11 nitrogen and oxygen atoms in total. The van der Waals surface area contributed by atoms with Gasteiger partial charge in [-0.3, -0.25) is 19.2 Å². The molecule has 2 aliphatic heterocycles. The molecule has 1 aromatic rings. The molecule has 3 fully saturated rings. The number of likely N-dealkylation sites (tertiary alicyclic amines) is 1. The van der Waals surface area contributed by atoms with Gasteiger partial charge < -0.3 is 20.3 Å². The van der Waals surface area contributed by atoms with Crippen molar-refractivity contribution in [2.75, 3.05) is 19.7 Å². The van der Waals surface area contributed by atoms with Crippen LogP contribution in [0.5, 0.6) is 5.75 Å².